The molecule has 98 valence electrons. The molecule has 0 saturated heterocycles. The lowest BCUT2D eigenvalue weighted by Crippen LogP contribution is -2.23. The first-order chi connectivity index (χ1) is 8.22. The quantitative estimate of drug-likeness (QED) is 0.704. The maximum atomic E-state index is 4.54. The zero-order valence-corrected chi connectivity index (χ0v) is 11.8. The van der Waals surface area contributed by atoms with Gasteiger partial charge in [0.05, 0.1) is 11.4 Å². The van der Waals surface area contributed by atoms with Crippen molar-refractivity contribution >= 4 is 0 Å². The maximum absolute atomic E-state index is 4.54. The highest BCUT2D eigenvalue weighted by molar-refractivity contribution is 5.14. The summed E-state index contributed by atoms with van der Waals surface area (Å²) in [5, 5.41) is 8.11. The Hall–Kier alpha value is -0.830. The van der Waals surface area contributed by atoms with Crippen LogP contribution in [-0.2, 0) is 13.5 Å². The third-order valence-corrected chi connectivity index (χ3v) is 3.23. The summed E-state index contributed by atoms with van der Waals surface area (Å²) in [6, 6.07) is 2.71. The van der Waals surface area contributed by atoms with Crippen LogP contribution in [0.5, 0.6) is 0 Å². The van der Waals surface area contributed by atoms with E-state index in [0.717, 1.165) is 13.0 Å². The third-order valence-electron chi connectivity index (χ3n) is 3.23. The second kappa shape index (κ2) is 7.49. The summed E-state index contributed by atoms with van der Waals surface area (Å²) in [4.78, 5) is 0. The minimum absolute atomic E-state index is 0.462. The number of rotatable bonds is 8. The van der Waals surface area contributed by atoms with Gasteiger partial charge in [-0.25, -0.2) is 0 Å². The van der Waals surface area contributed by atoms with Gasteiger partial charge in [0.15, 0.2) is 0 Å². The van der Waals surface area contributed by atoms with Crippen molar-refractivity contribution in [1.29, 1.82) is 0 Å². The lowest BCUT2D eigenvalue weighted by atomic mass is 10.0. The molecule has 3 heteroatoms. The normalized spacial score (nSPS) is 12.9. The van der Waals surface area contributed by atoms with Gasteiger partial charge in [0, 0.05) is 13.1 Å². The van der Waals surface area contributed by atoms with Gasteiger partial charge in [-0.15, -0.1) is 0 Å². The van der Waals surface area contributed by atoms with Gasteiger partial charge in [-0.1, -0.05) is 40.0 Å². The Balaban J connectivity index is 2.69. The molecule has 0 aliphatic carbocycles. The predicted octanol–water partition coefficient (Wildman–Crippen LogP) is 3.21. The monoisotopic (exact) mass is 237 g/mol. The highest BCUT2D eigenvalue weighted by atomic mass is 15.3. The molecule has 3 nitrogen and oxygen atoms in total. The topological polar surface area (TPSA) is 29.9 Å². The number of unbranched alkanes of at least 4 members (excludes halogenated alkanes) is 2. The van der Waals surface area contributed by atoms with Crippen LogP contribution >= 0.6 is 0 Å². The molecule has 0 radical (unpaired) electrons. The van der Waals surface area contributed by atoms with E-state index >= 15 is 0 Å². The van der Waals surface area contributed by atoms with Crippen molar-refractivity contribution in [3.63, 3.8) is 0 Å². The predicted molar refractivity (Wildman–Crippen MR) is 73.1 cm³/mol. The molecular weight excluding hydrogens is 210 g/mol. The van der Waals surface area contributed by atoms with Crippen molar-refractivity contribution in [3.8, 4) is 0 Å². The zero-order valence-electron chi connectivity index (χ0n) is 11.8. The Morgan fingerprint density at radius 2 is 2.06 bits per heavy atom. The van der Waals surface area contributed by atoms with Crippen LogP contribution in [0, 0.1) is 0 Å². The maximum Gasteiger partial charge on any atom is 0.0625 e. The van der Waals surface area contributed by atoms with E-state index in [2.05, 4.69) is 44.3 Å². The fourth-order valence-electron chi connectivity index (χ4n) is 2.24. The first-order valence-corrected chi connectivity index (χ1v) is 6.99. The van der Waals surface area contributed by atoms with Gasteiger partial charge in [-0.05, 0) is 25.5 Å². The first-order valence-electron chi connectivity index (χ1n) is 6.99. The molecule has 0 aliphatic rings. The first kappa shape index (κ1) is 14.2. The second-order valence-corrected chi connectivity index (χ2v) is 4.64. The van der Waals surface area contributed by atoms with Gasteiger partial charge in [0.25, 0.3) is 0 Å². The van der Waals surface area contributed by atoms with Gasteiger partial charge in [0.2, 0.25) is 0 Å². The molecule has 0 aliphatic heterocycles. The van der Waals surface area contributed by atoms with E-state index in [4.69, 9.17) is 0 Å². The fraction of sp³-hybridized carbons (Fsp3) is 0.786. The number of hydrogen-bond acceptors (Lipinski definition) is 2. The highest BCUT2D eigenvalue weighted by Crippen LogP contribution is 2.20. The summed E-state index contributed by atoms with van der Waals surface area (Å²) in [6.07, 6.45) is 6.12. The van der Waals surface area contributed by atoms with Crippen molar-refractivity contribution in [1.82, 2.24) is 15.1 Å². The zero-order chi connectivity index (χ0) is 12.7. The van der Waals surface area contributed by atoms with E-state index in [1.54, 1.807) is 0 Å². The third kappa shape index (κ3) is 4.15. The summed E-state index contributed by atoms with van der Waals surface area (Å²) in [7, 11) is 2.05. The molecule has 0 aromatic carbocycles. The van der Waals surface area contributed by atoms with Gasteiger partial charge in [-0.3, -0.25) is 4.68 Å². The molecule has 1 heterocycles. The summed E-state index contributed by atoms with van der Waals surface area (Å²) in [5.41, 5.74) is 2.53. The van der Waals surface area contributed by atoms with Crippen molar-refractivity contribution in [2.45, 2.75) is 58.9 Å². The minimum atomic E-state index is 0.462. The molecule has 0 bridgehead atoms. The van der Waals surface area contributed by atoms with Crippen LogP contribution in [-0.4, -0.2) is 16.3 Å². The number of aromatic nitrogens is 2. The van der Waals surface area contributed by atoms with E-state index < -0.39 is 0 Å². The Morgan fingerprint density at radius 3 is 2.59 bits per heavy atom. The molecule has 0 amide bonds. The van der Waals surface area contributed by atoms with Crippen LogP contribution in [0.15, 0.2) is 6.07 Å². The minimum Gasteiger partial charge on any atom is -0.309 e. The van der Waals surface area contributed by atoms with Gasteiger partial charge in [-0.2, -0.15) is 5.10 Å². The lowest BCUT2D eigenvalue weighted by Gasteiger charge is -2.17. The Labute approximate surface area is 106 Å². The van der Waals surface area contributed by atoms with E-state index in [-0.39, 0.29) is 0 Å². The number of nitrogens with one attached hydrogen (secondary N) is 1. The average Bonchev–Trinajstić information content (AvgIpc) is 2.70. The van der Waals surface area contributed by atoms with Gasteiger partial charge < -0.3 is 5.32 Å². The van der Waals surface area contributed by atoms with Crippen LogP contribution in [0.1, 0.15) is 63.9 Å². The molecule has 1 aromatic heterocycles. The van der Waals surface area contributed by atoms with E-state index in [0.29, 0.717) is 6.04 Å². The molecule has 1 rings (SSSR count). The summed E-state index contributed by atoms with van der Waals surface area (Å²) >= 11 is 0. The lowest BCUT2D eigenvalue weighted by molar-refractivity contribution is 0.458. The van der Waals surface area contributed by atoms with Crippen molar-refractivity contribution < 1.29 is 0 Å². The molecule has 1 N–H and O–H groups in total. The smallest absolute Gasteiger partial charge is 0.0625 e. The van der Waals surface area contributed by atoms with Crippen LogP contribution < -0.4 is 5.32 Å². The molecule has 1 aromatic rings. The van der Waals surface area contributed by atoms with Crippen LogP contribution in [0.4, 0.5) is 0 Å². The van der Waals surface area contributed by atoms with Crippen LogP contribution in [0.25, 0.3) is 0 Å². The van der Waals surface area contributed by atoms with Gasteiger partial charge in [0.1, 0.15) is 0 Å². The van der Waals surface area contributed by atoms with Crippen LogP contribution in [0.2, 0.25) is 0 Å². The molecule has 0 spiro atoms. The van der Waals surface area contributed by atoms with E-state index in [9.17, 15) is 0 Å². The van der Waals surface area contributed by atoms with Crippen molar-refractivity contribution in [2.24, 2.45) is 7.05 Å². The molecule has 1 unspecified atom stereocenters. The largest absolute Gasteiger partial charge is 0.309 e. The molecule has 17 heavy (non-hydrogen) atoms. The van der Waals surface area contributed by atoms with Crippen molar-refractivity contribution in [2.75, 3.05) is 6.54 Å². The molecule has 0 fully saturated rings. The highest BCUT2D eigenvalue weighted by Gasteiger charge is 2.15. The van der Waals surface area contributed by atoms with E-state index in [1.807, 2.05) is 4.68 Å². The molecule has 0 saturated carbocycles. The summed E-state index contributed by atoms with van der Waals surface area (Å²) < 4.78 is 2.04. The Kier molecular flexibility index (Phi) is 6.27. The number of nitrogens with zero attached hydrogens (tertiary/aromatic N) is 2. The summed E-state index contributed by atoms with van der Waals surface area (Å²) in [5.74, 6) is 0. The standard InChI is InChI=1S/C14H27N3/c1-5-8-9-10-13(15-7-3)14-11-12(6-2)16-17(14)4/h11,13,15H,5-10H2,1-4H3. The second-order valence-electron chi connectivity index (χ2n) is 4.64. The molecular formula is C14H27N3. The Bertz CT molecular complexity index is 317. The fourth-order valence-corrected chi connectivity index (χ4v) is 2.24. The number of aryl methyl sites for hydroxylation is 2. The van der Waals surface area contributed by atoms with Gasteiger partial charge >= 0.3 is 0 Å². The van der Waals surface area contributed by atoms with E-state index in [1.165, 1.54) is 37.1 Å². The average molecular weight is 237 g/mol. The summed E-state index contributed by atoms with van der Waals surface area (Å²) in [6.45, 7) is 7.60. The SMILES string of the molecule is CCCCCC(NCC)c1cc(CC)nn1C. The van der Waals surface area contributed by atoms with Crippen molar-refractivity contribution in [3.05, 3.63) is 17.5 Å². The van der Waals surface area contributed by atoms with Crippen LogP contribution in [0.3, 0.4) is 0 Å². The molecule has 1 atom stereocenters. The number of hydrogen-bond donors (Lipinski definition) is 1. The Morgan fingerprint density at radius 1 is 1.29 bits per heavy atom.